The van der Waals surface area contributed by atoms with Gasteiger partial charge in [-0.2, -0.15) is 0 Å². The highest BCUT2D eigenvalue weighted by molar-refractivity contribution is 6.03. The maximum absolute atomic E-state index is 12.3. The number of aromatic nitrogens is 2. The van der Waals surface area contributed by atoms with Crippen LogP contribution in [-0.2, 0) is 0 Å². The average Bonchev–Trinajstić information content (AvgIpc) is 3.05. The van der Waals surface area contributed by atoms with Gasteiger partial charge in [-0.3, -0.25) is 9.78 Å². The van der Waals surface area contributed by atoms with Gasteiger partial charge in [-0.1, -0.05) is 18.7 Å². The summed E-state index contributed by atoms with van der Waals surface area (Å²) in [5.74, 6) is 0.0771. The lowest BCUT2D eigenvalue weighted by molar-refractivity contribution is 0.101. The number of rotatable bonds is 3. The third-order valence-corrected chi connectivity index (χ3v) is 3.75. The summed E-state index contributed by atoms with van der Waals surface area (Å²) in [6.45, 7) is 8.92. The summed E-state index contributed by atoms with van der Waals surface area (Å²) in [4.78, 5) is 24.4. The fourth-order valence-electron chi connectivity index (χ4n) is 2.66. The Morgan fingerprint density at radius 3 is 2.77 bits per heavy atom. The first kappa shape index (κ1) is 14.1. The van der Waals surface area contributed by atoms with Crippen molar-refractivity contribution in [3.8, 4) is 0 Å². The van der Waals surface area contributed by atoms with E-state index in [-0.39, 0.29) is 17.5 Å². The molecule has 22 heavy (non-hydrogen) atoms. The Bertz CT molecular complexity index is 709. The van der Waals surface area contributed by atoms with Crippen LogP contribution in [0.4, 0.5) is 17.2 Å². The fraction of sp³-hybridized carbons (Fsp3) is 0.312. The first-order chi connectivity index (χ1) is 10.8. The van der Waals surface area contributed by atoms with Crippen molar-refractivity contribution in [2.45, 2.75) is 19.3 Å². The molecule has 112 valence electrons. The van der Waals surface area contributed by atoms with Crippen LogP contribution < -0.4 is 10.2 Å². The number of aromatic amines is 1. The number of carbonyl (C=O) groups is 1. The predicted octanol–water partition coefficient (Wildman–Crippen LogP) is 3.20. The van der Waals surface area contributed by atoms with Gasteiger partial charge in [0.25, 0.3) is 5.82 Å². The summed E-state index contributed by atoms with van der Waals surface area (Å²) < 4.78 is 0. The first-order valence-corrected chi connectivity index (χ1v) is 7.36. The van der Waals surface area contributed by atoms with Gasteiger partial charge in [-0.25, -0.2) is 4.98 Å². The smallest absolute Gasteiger partial charge is 0.314 e. The van der Waals surface area contributed by atoms with Crippen molar-refractivity contribution < 1.29 is 4.79 Å². The summed E-state index contributed by atoms with van der Waals surface area (Å²) in [5.41, 5.74) is 1.81. The highest BCUT2D eigenvalue weighted by atomic mass is 16.2. The molecule has 2 N–H and O–H groups in total. The molecule has 1 aliphatic rings. The summed E-state index contributed by atoms with van der Waals surface area (Å²) in [7, 11) is 0. The Balaban J connectivity index is 1.80. The largest absolute Gasteiger partial charge is 0.370 e. The van der Waals surface area contributed by atoms with E-state index in [4.69, 9.17) is 6.57 Å². The summed E-state index contributed by atoms with van der Waals surface area (Å²) in [5, 5.41) is 2.88. The normalized spacial score (nSPS) is 14.4. The van der Waals surface area contributed by atoms with Crippen molar-refractivity contribution in [1.29, 1.82) is 0 Å². The van der Waals surface area contributed by atoms with Crippen molar-refractivity contribution in [2.24, 2.45) is 0 Å². The number of piperidine rings is 1. The summed E-state index contributed by atoms with van der Waals surface area (Å²) in [6.07, 6.45) is 4.97. The van der Waals surface area contributed by atoms with Gasteiger partial charge < -0.3 is 15.1 Å². The van der Waals surface area contributed by atoms with E-state index in [9.17, 15) is 4.79 Å². The minimum Gasteiger partial charge on any atom is -0.370 e. The lowest BCUT2D eigenvalue weighted by Gasteiger charge is -2.30. The first-order valence-electron chi connectivity index (χ1n) is 7.36. The predicted molar refractivity (Wildman–Crippen MR) is 85.3 cm³/mol. The number of H-pyrrole nitrogens is 1. The van der Waals surface area contributed by atoms with E-state index in [1.807, 2.05) is 24.3 Å². The number of carbonyl (C=O) groups excluding carboxylic acids is 1. The minimum absolute atomic E-state index is 0.152. The van der Waals surface area contributed by atoms with Gasteiger partial charge in [-0.15, -0.1) is 0 Å². The van der Waals surface area contributed by atoms with E-state index in [0.717, 1.165) is 24.5 Å². The van der Waals surface area contributed by atoms with E-state index < -0.39 is 0 Å². The number of benzene rings is 1. The molecule has 6 nitrogen and oxygen atoms in total. The molecule has 2 aromatic rings. The number of nitrogens with one attached hydrogen (secondary N) is 2. The SMILES string of the molecule is [C-]#[N+]c1cnc(C(=O)Nc2ccccc2N2CCCCC2)[nH]1. The second-order valence-corrected chi connectivity index (χ2v) is 5.25. The molecule has 1 fully saturated rings. The molecule has 1 saturated heterocycles. The molecule has 1 aromatic carbocycles. The van der Waals surface area contributed by atoms with Crippen LogP contribution >= 0.6 is 0 Å². The van der Waals surface area contributed by atoms with Crippen LogP contribution in [-0.4, -0.2) is 29.0 Å². The molecule has 6 heteroatoms. The highest BCUT2D eigenvalue weighted by Gasteiger charge is 2.18. The molecule has 1 aliphatic heterocycles. The van der Waals surface area contributed by atoms with E-state index in [0.29, 0.717) is 0 Å². The van der Waals surface area contributed by atoms with Crippen molar-refractivity contribution in [3.05, 3.63) is 47.7 Å². The van der Waals surface area contributed by atoms with Crippen molar-refractivity contribution in [2.75, 3.05) is 23.3 Å². The second kappa shape index (κ2) is 6.31. The topological polar surface area (TPSA) is 65.4 Å². The molecule has 0 atom stereocenters. The molecule has 0 radical (unpaired) electrons. The van der Waals surface area contributed by atoms with Crippen LogP contribution in [0.25, 0.3) is 4.85 Å². The molecular weight excluding hydrogens is 278 g/mol. The van der Waals surface area contributed by atoms with Gasteiger partial charge in [0.1, 0.15) is 0 Å². The Morgan fingerprint density at radius 1 is 1.27 bits per heavy atom. The molecule has 1 aromatic heterocycles. The molecule has 0 bridgehead atoms. The molecule has 0 unspecified atom stereocenters. The van der Waals surface area contributed by atoms with Gasteiger partial charge in [0.05, 0.1) is 17.6 Å². The Morgan fingerprint density at radius 2 is 2.05 bits per heavy atom. The zero-order valence-corrected chi connectivity index (χ0v) is 12.2. The van der Waals surface area contributed by atoms with Crippen molar-refractivity contribution in [1.82, 2.24) is 9.97 Å². The van der Waals surface area contributed by atoms with E-state index in [2.05, 4.69) is 25.0 Å². The number of hydrogen-bond acceptors (Lipinski definition) is 3. The number of para-hydroxylation sites is 2. The molecular formula is C16H17N5O. The van der Waals surface area contributed by atoms with Crippen LogP contribution in [0.1, 0.15) is 29.9 Å². The average molecular weight is 295 g/mol. The van der Waals surface area contributed by atoms with Gasteiger partial charge in [-0.05, 0) is 31.4 Å². The molecule has 0 spiro atoms. The third kappa shape index (κ3) is 2.93. The van der Waals surface area contributed by atoms with Crippen molar-refractivity contribution in [3.63, 3.8) is 0 Å². The lowest BCUT2D eigenvalue weighted by Crippen LogP contribution is -2.30. The van der Waals surface area contributed by atoms with E-state index >= 15 is 0 Å². The van der Waals surface area contributed by atoms with Crippen LogP contribution in [0.3, 0.4) is 0 Å². The zero-order valence-electron chi connectivity index (χ0n) is 12.2. The van der Waals surface area contributed by atoms with E-state index in [1.165, 1.54) is 25.5 Å². The minimum atomic E-state index is -0.334. The molecule has 0 saturated carbocycles. The Labute approximate surface area is 129 Å². The fourth-order valence-corrected chi connectivity index (χ4v) is 2.66. The van der Waals surface area contributed by atoms with Gasteiger partial charge >= 0.3 is 5.91 Å². The number of nitrogens with zero attached hydrogens (tertiary/aromatic N) is 3. The maximum Gasteiger partial charge on any atom is 0.314 e. The quantitative estimate of drug-likeness (QED) is 0.855. The third-order valence-electron chi connectivity index (χ3n) is 3.75. The van der Waals surface area contributed by atoms with Crippen LogP contribution in [0.15, 0.2) is 30.5 Å². The second-order valence-electron chi connectivity index (χ2n) is 5.25. The van der Waals surface area contributed by atoms with Gasteiger partial charge in [0.15, 0.2) is 0 Å². The molecule has 3 rings (SSSR count). The molecule has 2 heterocycles. The van der Waals surface area contributed by atoms with Gasteiger partial charge in [0.2, 0.25) is 5.82 Å². The van der Waals surface area contributed by atoms with Crippen molar-refractivity contribution >= 4 is 23.1 Å². The van der Waals surface area contributed by atoms with Gasteiger partial charge in [0, 0.05) is 13.1 Å². The zero-order chi connectivity index (χ0) is 15.4. The van der Waals surface area contributed by atoms with Crippen LogP contribution in [0.2, 0.25) is 0 Å². The Hall–Kier alpha value is -2.81. The summed E-state index contributed by atoms with van der Waals surface area (Å²) >= 11 is 0. The standard InChI is InChI=1S/C16H17N5O/c1-17-14-11-18-15(20-14)16(22)19-12-7-3-4-8-13(12)21-9-5-2-6-10-21/h3-4,7-8,11H,2,5-6,9-10H2,(H,18,20)(H,19,22). The number of amides is 1. The number of anilines is 2. The number of imidazole rings is 1. The molecule has 1 amide bonds. The monoisotopic (exact) mass is 295 g/mol. The Kier molecular flexibility index (Phi) is 4.05. The summed E-state index contributed by atoms with van der Waals surface area (Å²) in [6, 6.07) is 7.79. The van der Waals surface area contributed by atoms with Crippen LogP contribution in [0.5, 0.6) is 0 Å². The molecule has 0 aliphatic carbocycles. The van der Waals surface area contributed by atoms with E-state index in [1.54, 1.807) is 0 Å². The highest BCUT2D eigenvalue weighted by Crippen LogP contribution is 2.28. The van der Waals surface area contributed by atoms with Crippen LogP contribution in [0, 0.1) is 6.57 Å². The maximum atomic E-state index is 12.3. The lowest BCUT2D eigenvalue weighted by atomic mass is 10.1. The number of hydrogen-bond donors (Lipinski definition) is 2.